The van der Waals surface area contributed by atoms with E-state index in [1.54, 1.807) is 17.7 Å². The Hall–Kier alpha value is -3.13. The van der Waals surface area contributed by atoms with Gasteiger partial charge in [0.1, 0.15) is 11.6 Å². The van der Waals surface area contributed by atoms with E-state index in [4.69, 9.17) is 4.42 Å². The van der Waals surface area contributed by atoms with Crippen LogP contribution in [0.4, 0.5) is 0 Å². The minimum Gasteiger partial charge on any atom is -0.431 e. The molecule has 0 unspecified atom stereocenters. The molecule has 2 aromatic heterocycles. The van der Waals surface area contributed by atoms with Gasteiger partial charge in [0.2, 0.25) is 10.0 Å². The van der Waals surface area contributed by atoms with Crippen LogP contribution in [0.1, 0.15) is 17.0 Å². The van der Waals surface area contributed by atoms with Crippen molar-refractivity contribution >= 4 is 32.9 Å². The normalized spacial score (nSPS) is 11.8. The van der Waals surface area contributed by atoms with Crippen LogP contribution in [-0.2, 0) is 15.8 Å². The highest BCUT2D eigenvalue weighted by molar-refractivity contribution is 7.98. The van der Waals surface area contributed by atoms with Gasteiger partial charge in [0, 0.05) is 19.8 Å². The molecule has 4 aromatic rings. The highest BCUT2D eigenvalue weighted by Crippen LogP contribution is 2.30. The summed E-state index contributed by atoms with van der Waals surface area (Å²) in [5.41, 5.74) is 3.73. The molecule has 0 saturated heterocycles. The van der Waals surface area contributed by atoms with Crippen LogP contribution in [0.25, 0.3) is 16.8 Å². The van der Waals surface area contributed by atoms with Crippen molar-refractivity contribution in [1.82, 2.24) is 19.1 Å². The van der Waals surface area contributed by atoms with Crippen molar-refractivity contribution in [1.29, 1.82) is 5.26 Å². The van der Waals surface area contributed by atoms with Gasteiger partial charge in [-0.2, -0.15) is 10.4 Å². The molecule has 0 spiro atoms. The Morgan fingerprint density at radius 3 is 2.61 bits per heavy atom. The highest BCUT2D eigenvalue weighted by atomic mass is 32.2. The van der Waals surface area contributed by atoms with E-state index in [0.29, 0.717) is 33.3 Å². The summed E-state index contributed by atoms with van der Waals surface area (Å²) in [6, 6.07) is 16.4. The predicted octanol–water partition coefficient (Wildman–Crippen LogP) is 3.74. The molecule has 4 rings (SSSR count). The molecular formula is C21H19N5O3S2. The number of thioether (sulfide) groups is 1. The number of nitriles is 1. The van der Waals surface area contributed by atoms with Crippen LogP contribution in [0.5, 0.6) is 0 Å². The minimum absolute atomic E-state index is 0.152. The summed E-state index contributed by atoms with van der Waals surface area (Å²) in [5, 5.41) is 14.5. The summed E-state index contributed by atoms with van der Waals surface area (Å²) < 4.78 is 33.4. The second-order valence-corrected chi connectivity index (χ2v) is 10.0. The fourth-order valence-electron chi connectivity index (χ4n) is 3.09. The van der Waals surface area contributed by atoms with Crippen molar-refractivity contribution in [3.8, 4) is 11.8 Å². The maximum atomic E-state index is 12.4. The molecule has 0 saturated carbocycles. The third-order valence-corrected chi connectivity index (χ3v) is 7.37. The van der Waals surface area contributed by atoms with Crippen LogP contribution in [0.3, 0.4) is 0 Å². The van der Waals surface area contributed by atoms with E-state index in [9.17, 15) is 13.7 Å². The number of hydrogen-bond acceptors (Lipinski definition) is 7. The fraction of sp³-hybridized carbons (Fsp3) is 0.190. The third kappa shape index (κ3) is 3.95. The van der Waals surface area contributed by atoms with E-state index in [0.717, 1.165) is 15.7 Å². The van der Waals surface area contributed by atoms with Crippen LogP contribution in [-0.4, -0.2) is 41.6 Å². The Morgan fingerprint density at radius 2 is 1.94 bits per heavy atom. The molecule has 0 N–H and O–H groups in total. The molecule has 31 heavy (non-hydrogen) atoms. The number of nitrogens with zero attached hydrogens (tertiary/aromatic N) is 5. The summed E-state index contributed by atoms with van der Waals surface area (Å²) >= 11 is 1.32. The zero-order chi connectivity index (χ0) is 22.2. The maximum Gasteiger partial charge on any atom is 0.257 e. The van der Waals surface area contributed by atoms with Crippen LogP contribution in [0.15, 0.2) is 63.1 Å². The van der Waals surface area contributed by atoms with Gasteiger partial charge in [0.15, 0.2) is 5.58 Å². The number of aromatic nitrogens is 3. The van der Waals surface area contributed by atoms with Gasteiger partial charge in [0.25, 0.3) is 5.22 Å². The van der Waals surface area contributed by atoms with Crippen LogP contribution in [0.2, 0.25) is 0 Å². The molecule has 158 valence electrons. The van der Waals surface area contributed by atoms with Crippen molar-refractivity contribution in [3.05, 3.63) is 65.5 Å². The van der Waals surface area contributed by atoms with E-state index in [2.05, 4.69) is 16.2 Å². The summed E-state index contributed by atoms with van der Waals surface area (Å²) in [4.78, 5) is 4.58. The van der Waals surface area contributed by atoms with E-state index in [-0.39, 0.29) is 4.90 Å². The topological polar surface area (TPSA) is 105 Å². The van der Waals surface area contributed by atoms with Crippen LogP contribution in [0, 0.1) is 18.3 Å². The predicted molar refractivity (Wildman–Crippen MR) is 117 cm³/mol. The van der Waals surface area contributed by atoms with Crippen LogP contribution >= 0.6 is 11.8 Å². The zero-order valence-electron chi connectivity index (χ0n) is 17.1. The number of para-hydroxylation sites is 1. The van der Waals surface area contributed by atoms with Crippen molar-refractivity contribution in [2.45, 2.75) is 22.8 Å². The number of rotatable bonds is 6. The second-order valence-electron chi connectivity index (χ2n) is 6.95. The highest BCUT2D eigenvalue weighted by Gasteiger charge is 2.20. The molecule has 2 heterocycles. The number of sulfonamides is 1. The molecular weight excluding hydrogens is 434 g/mol. The molecule has 0 atom stereocenters. The van der Waals surface area contributed by atoms with Gasteiger partial charge in [-0.05, 0) is 37.3 Å². The van der Waals surface area contributed by atoms with Gasteiger partial charge in [-0.25, -0.2) is 22.4 Å². The Labute approximate surface area is 184 Å². The van der Waals surface area contributed by atoms with Crippen molar-refractivity contribution in [2.75, 3.05) is 14.1 Å². The summed E-state index contributed by atoms with van der Waals surface area (Å²) in [5.74, 6) is 0.411. The average Bonchev–Trinajstić information content (AvgIpc) is 3.31. The number of aryl methyl sites for hydroxylation is 1. The molecule has 0 aliphatic rings. The Morgan fingerprint density at radius 1 is 1.19 bits per heavy atom. The number of benzene rings is 2. The molecule has 0 fully saturated rings. The van der Waals surface area contributed by atoms with E-state index >= 15 is 0 Å². The van der Waals surface area contributed by atoms with Crippen LogP contribution < -0.4 is 0 Å². The molecule has 0 bridgehead atoms. The van der Waals surface area contributed by atoms with Gasteiger partial charge in [-0.1, -0.05) is 30.0 Å². The van der Waals surface area contributed by atoms with E-state index < -0.39 is 10.0 Å². The van der Waals surface area contributed by atoms with Crippen molar-refractivity contribution in [2.24, 2.45) is 0 Å². The first kappa shape index (κ1) is 21.1. The largest absolute Gasteiger partial charge is 0.431 e. The lowest BCUT2D eigenvalue weighted by Crippen LogP contribution is -2.22. The van der Waals surface area contributed by atoms with Crippen molar-refractivity contribution in [3.63, 3.8) is 0 Å². The van der Waals surface area contributed by atoms with E-state index in [1.165, 1.54) is 38.0 Å². The zero-order valence-corrected chi connectivity index (χ0v) is 18.7. The monoisotopic (exact) mass is 453 g/mol. The summed E-state index contributed by atoms with van der Waals surface area (Å²) in [6.07, 6.45) is 0. The minimum atomic E-state index is -3.56. The molecule has 10 heteroatoms. The molecule has 2 aromatic carbocycles. The molecule has 0 radical (unpaired) electrons. The number of hydrogen-bond donors (Lipinski definition) is 0. The standard InChI is InChI=1S/C21H19N5O3S2/c1-14-17(12-22)19(26(24-14)15-7-5-4-6-8-15)13-30-21-23-18-11-16(9-10-20(18)29-21)31(27,28)25(2)3/h4-11H,13H2,1-3H3. The lowest BCUT2D eigenvalue weighted by atomic mass is 10.2. The van der Waals surface area contributed by atoms with E-state index in [1.807, 2.05) is 30.3 Å². The van der Waals surface area contributed by atoms with Crippen molar-refractivity contribution < 1.29 is 12.8 Å². The third-order valence-electron chi connectivity index (χ3n) is 4.72. The van der Waals surface area contributed by atoms with Gasteiger partial charge < -0.3 is 4.42 Å². The molecule has 0 aliphatic heterocycles. The van der Waals surface area contributed by atoms with Gasteiger partial charge in [0.05, 0.1) is 27.5 Å². The number of oxazole rings is 1. The molecule has 0 amide bonds. The lowest BCUT2D eigenvalue weighted by Gasteiger charge is -2.10. The maximum absolute atomic E-state index is 12.4. The Bertz CT molecular complexity index is 1400. The summed E-state index contributed by atoms with van der Waals surface area (Å²) in [7, 11) is -0.599. The first-order valence-corrected chi connectivity index (χ1v) is 11.7. The fourth-order valence-corrected chi connectivity index (χ4v) is 4.85. The first-order chi connectivity index (χ1) is 14.8. The smallest absolute Gasteiger partial charge is 0.257 e. The second kappa shape index (κ2) is 8.19. The van der Waals surface area contributed by atoms with Gasteiger partial charge in [-0.3, -0.25) is 0 Å². The van der Waals surface area contributed by atoms with Gasteiger partial charge >= 0.3 is 0 Å². The Kier molecular flexibility index (Phi) is 5.58. The number of fused-ring (bicyclic) bond motifs is 1. The lowest BCUT2D eigenvalue weighted by molar-refractivity contribution is 0.489. The first-order valence-electron chi connectivity index (χ1n) is 9.31. The molecule has 8 nitrogen and oxygen atoms in total. The Balaban J connectivity index is 1.65. The molecule has 0 aliphatic carbocycles. The SMILES string of the molecule is Cc1nn(-c2ccccc2)c(CSc2nc3cc(S(=O)(=O)N(C)C)ccc3o2)c1C#N. The van der Waals surface area contributed by atoms with Gasteiger partial charge in [-0.15, -0.1) is 0 Å². The quantitative estimate of drug-likeness (QED) is 0.410. The summed E-state index contributed by atoms with van der Waals surface area (Å²) in [6.45, 7) is 1.80. The average molecular weight is 454 g/mol.